The molecule has 18 heavy (non-hydrogen) atoms. The molecule has 0 radical (unpaired) electrons. The van der Waals surface area contributed by atoms with E-state index in [-0.39, 0.29) is 0 Å². The van der Waals surface area contributed by atoms with Crippen LogP contribution in [0.4, 0.5) is 0 Å². The Bertz CT molecular complexity index is 267. The Labute approximate surface area is 116 Å². The first-order valence-electron chi connectivity index (χ1n) is 7.27. The molecule has 1 aliphatic heterocycles. The van der Waals surface area contributed by atoms with Crippen LogP contribution in [0.2, 0.25) is 0 Å². The van der Waals surface area contributed by atoms with E-state index in [2.05, 4.69) is 10.2 Å². The first kappa shape index (κ1) is 14.1. The molecule has 2 fully saturated rings. The molecule has 0 atom stereocenters. The third-order valence-electron chi connectivity index (χ3n) is 4.61. The quantitative estimate of drug-likeness (QED) is 0.629. The molecule has 0 aromatic carbocycles. The largest absolute Gasteiger partial charge is 0.383 e. The van der Waals surface area contributed by atoms with Crippen LogP contribution in [0.15, 0.2) is 0 Å². The van der Waals surface area contributed by atoms with Crippen LogP contribution in [0, 0.1) is 5.41 Å². The molecule has 1 saturated heterocycles. The fraction of sp³-hybridized carbons (Fsp3) is 0.929. The SMILES string of the molecule is COCCNC(=S)N1CCC2(CCCCC2)CC1. The third kappa shape index (κ3) is 3.58. The molecule has 1 aliphatic carbocycles. The average Bonchev–Trinajstić information content (AvgIpc) is 2.41. The maximum atomic E-state index is 5.44. The van der Waals surface area contributed by atoms with Crippen LogP contribution in [-0.2, 0) is 4.74 Å². The summed E-state index contributed by atoms with van der Waals surface area (Å²) in [5.74, 6) is 0. The van der Waals surface area contributed by atoms with Gasteiger partial charge in [0.15, 0.2) is 5.11 Å². The van der Waals surface area contributed by atoms with Crippen molar-refractivity contribution in [2.75, 3.05) is 33.4 Å². The van der Waals surface area contributed by atoms with E-state index in [4.69, 9.17) is 17.0 Å². The molecule has 0 aromatic heterocycles. The maximum Gasteiger partial charge on any atom is 0.169 e. The lowest BCUT2D eigenvalue weighted by molar-refractivity contribution is 0.0971. The van der Waals surface area contributed by atoms with Crippen LogP contribution < -0.4 is 5.32 Å². The van der Waals surface area contributed by atoms with Crippen molar-refractivity contribution < 1.29 is 4.74 Å². The summed E-state index contributed by atoms with van der Waals surface area (Å²) in [5.41, 5.74) is 0.664. The fourth-order valence-corrected chi connectivity index (χ4v) is 3.64. The van der Waals surface area contributed by atoms with Gasteiger partial charge in [-0.2, -0.15) is 0 Å². The second-order valence-electron chi connectivity index (χ2n) is 5.77. The highest BCUT2D eigenvalue weighted by Gasteiger charge is 2.35. The molecule has 0 unspecified atom stereocenters. The molecule has 0 bridgehead atoms. The second kappa shape index (κ2) is 6.71. The Morgan fingerprint density at radius 1 is 1.17 bits per heavy atom. The summed E-state index contributed by atoms with van der Waals surface area (Å²) >= 11 is 5.44. The number of nitrogens with zero attached hydrogens (tertiary/aromatic N) is 1. The zero-order valence-electron chi connectivity index (χ0n) is 11.5. The van der Waals surface area contributed by atoms with E-state index in [0.717, 1.165) is 31.4 Å². The van der Waals surface area contributed by atoms with Crippen molar-refractivity contribution in [2.45, 2.75) is 44.9 Å². The number of rotatable bonds is 3. The average molecular weight is 270 g/mol. The summed E-state index contributed by atoms with van der Waals surface area (Å²) in [6, 6.07) is 0. The van der Waals surface area contributed by atoms with E-state index >= 15 is 0 Å². The number of hydrogen-bond acceptors (Lipinski definition) is 2. The van der Waals surface area contributed by atoms with E-state index in [1.807, 2.05) is 0 Å². The number of methoxy groups -OCH3 is 1. The van der Waals surface area contributed by atoms with Gasteiger partial charge in [-0.05, 0) is 43.3 Å². The normalized spacial score (nSPS) is 23.1. The van der Waals surface area contributed by atoms with Gasteiger partial charge in [0.05, 0.1) is 6.61 Å². The second-order valence-corrected chi connectivity index (χ2v) is 6.16. The van der Waals surface area contributed by atoms with Crippen LogP contribution in [0.1, 0.15) is 44.9 Å². The predicted octanol–water partition coefficient (Wildman–Crippen LogP) is 2.55. The van der Waals surface area contributed by atoms with Gasteiger partial charge in [-0.3, -0.25) is 0 Å². The van der Waals surface area contributed by atoms with Crippen LogP contribution in [-0.4, -0.2) is 43.4 Å². The topological polar surface area (TPSA) is 24.5 Å². The summed E-state index contributed by atoms with van der Waals surface area (Å²) in [5, 5.41) is 4.19. The summed E-state index contributed by atoms with van der Waals surface area (Å²) in [6.07, 6.45) is 9.89. The lowest BCUT2D eigenvalue weighted by atomic mass is 9.68. The van der Waals surface area contributed by atoms with Gasteiger partial charge in [0.25, 0.3) is 0 Å². The number of thiocarbonyl (C=S) groups is 1. The molecule has 1 N–H and O–H groups in total. The van der Waals surface area contributed by atoms with Crippen LogP contribution in [0.5, 0.6) is 0 Å². The van der Waals surface area contributed by atoms with Crippen molar-refractivity contribution in [2.24, 2.45) is 5.41 Å². The van der Waals surface area contributed by atoms with Gasteiger partial charge < -0.3 is 15.0 Å². The minimum absolute atomic E-state index is 0.664. The lowest BCUT2D eigenvalue weighted by Crippen LogP contribution is -2.48. The van der Waals surface area contributed by atoms with Crippen molar-refractivity contribution in [1.82, 2.24) is 10.2 Å². The van der Waals surface area contributed by atoms with E-state index in [1.54, 1.807) is 7.11 Å². The summed E-state index contributed by atoms with van der Waals surface area (Å²) in [6.45, 7) is 3.81. The molecule has 2 rings (SSSR count). The molecule has 2 aliphatic rings. The molecule has 1 saturated carbocycles. The van der Waals surface area contributed by atoms with Gasteiger partial charge in [-0.1, -0.05) is 19.3 Å². The number of hydrogen-bond donors (Lipinski definition) is 1. The summed E-state index contributed by atoms with van der Waals surface area (Å²) < 4.78 is 5.03. The standard InChI is InChI=1S/C14H26N2OS/c1-17-12-9-15-13(18)16-10-7-14(8-11-16)5-3-2-4-6-14/h2-12H2,1H3,(H,15,18). The fourth-order valence-electron chi connectivity index (χ4n) is 3.36. The molecular weight excluding hydrogens is 244 g/mol. The minimum atomic E-state index is 0.664. The van der Waals surface area contributed by atoms with Gasteiger partial charge in [-0.25, -0.2) is 0 Å². The van der Waals surface area contributed by atoms with Gasteiger partial charge in [0.1, 0.15) is 0 Å². The molecule has 0 amide bonds. The summed E-state index contributed by atoms with van der Waals surface area (Å²) in [7, 11) is 1.72. The highest BCUT2D eigenvalue weighted by molar-refractivity contribution is 7.80. The van der Waals surface area contributed by atoms with E-state index in [9.17, 15) is 0 Å². The molecule has 1 heterocycles. The van der Waals surface area contributed by atoms with Crippen molar-refractivity contribution in [3.05, 3.63) is 0 Å². The number of likely N-dealkylation sites (tertiary alicyclic amines) is 1. The molecular formula is C14H26N2OS. The Kier molecular flexibility index (Phi) is 5.25. The smallest absolute Gasteiger partial charge is 0.169 e. The Hall–Kier alpha value is -0.350. The molecule has 3 nitrogen and oxygen atoms in total. The highest BCUT2D eigenvalue weighted by atomic mass is 32.1. The highest BCUT2D eigenvalue weighted by Crippen LogP contribution is 2.44. The van der Waals surface area contributed by atoms with E-state index in [1.165, 1.54) is 44.9 Å². The monoisotopic (exact) mass is 270 g/mol. The molecule has 1 spiro atoms. The number of ether oxygens (including phenoxy) is 1. The van der Waals surface area contributed by atoms with Gasteiger partial charge in [-0.15, -0.1) is 0 Å². The molecule has 104 valence electrons. The zero-order valence-corrected chi connectivity index (χ0v) is 12.4. The molecule has 0 aromatic rings. The van der Waals surface area contributed by atoms with Gasteiger partial charge in [0, 0.05) is 26.7 Å². The first-order chi connectivity index (χ1) is 8.76. The lowest BCUT2D eigenvalue weighted by Gasteiger charge is -2.45. The van der Waals surface area contributed by atoms with E-state index in [0.29, 0.717) is 5.41 Å². The van der Waals surface area contributed by atoms with E-state index < -0.39 is 0 Å². The first-order valence-corrected chi connectivity index (χ1v) is 7.68. The number of piperidine rings is 1. The van der Waals surface area contributed by atoms with Crippen LogP contribution in [0.3, 0.4) is 0 Å². The van der Waals surface area contributed by atoms with Crippen molar-refractivity contribution in [1.29, 1.82) is 0 Å². The van der Waals surface area contributed by atoms with Crippen molar-refractivity contribution in [3.63, 3.8) is 0 Å². The van der Waals surface area contributed by atoms with Crippen molar-refractivity contribution >= 4 is 17.3 Å². The van der Waals surface area contributed by atoms with Crippen LogP contribution >= 0.6 is 12.2 Å². The van der Waals surface area contributed by atoms with Crippen LogP contribution in [0.25, 0.3) is 0 Å². The third-order valence-corrected chi connectivity index (χ3v) is 5.01. The Balaban J connectivity index is 1.73. The van der Waals surface area contributed by atoms with Gasteiger partial charge >= 0.3 is 0 Å². The minimum Gasteiger partial charge on any atom is -0.383 e. The maximum absolute atomic E-state index is 5.44. The molecule has 4 heteroatoms. The number of nitrogens with one attached hydrogen (secondary N) is 1. The summed E-state index contributed by atoms with van der Waals surface area (Å²) in [4.78, 5) is 2.34. The Morgan fingerprint density at radius 2 is 1.83 bits per heavy atom. The zero-order chi connectivity index (χ0) is 12.8. The van der Waals surface area contributed by atoms with Gasteiger partial charge in [0.2, 0.25) is 0 Å². The Morgan fingerprint density at radius 3 is 2.44 bits per heavy atom. The predicted molar refractivity (Wildman–Crippen MR) is 78.8 cm³/mol. The van der Waals surface area contributed by atoms with Crippen molar-refractivity contribution in [3.8, 4) is 0 Å².